The number of nitrogens with one attached hydrogen (secondary N) is 2. The standard InChI is InChI=1S/C21H20F3N3O4/c1-31-12-18(28)25-15-5-3-6-16(10-15)26-20(30)13-8-19(29)27(11-13)17-7-2-4-14(9-17)21(22,23)24/h2-7,9-10,13H,8,11-12H2,1H3,(H,25,28)(H,26,30). The van der Waals surface area contributed by atoms with Gasteiger partial charge < -0.3 is 20.3 Å². The average Bonchev–Trinajstić information content (AvgIpc) is 3.10. The number of rotatable bonds is 6. The highest BCUT2D eigenvalue weighted by Gasteiger charge is 2.37. The van der Waals surface area contributed by atoms with Crippen molar-refractivity contribution in [2.45, 2.75) is 12.6 Å². The number of nitrogens with zero attached hydrogens (tertiary/aromatic N) is 1. The predicted molar refractivity (Wildman–Crippen MR) is 107 cm³/mol. The van der Waals surface area contributed by atoms with Crippen LogP contribution in [0.15, 0.2) is 48.5 Å². The summed E-state index contributed by atoms with van der Waals surface area (Å²) in [5, 5.41) is 5.29. The van der Waals surface area contributed by atoms with Gasteiger partial charge in [0.05, 0.1) is 11.5 Å². The molecule has 1 heterocycles. The fourth-order valence-corrected chi connectivity index (χ4v) is 3.23. The number of carbonyl (C=O) groups excluding carboxylic acids is 3. The molecule has 0 bridgehead atoms. The summed E-state index contributed by atoms with van der Waals surface area (Å²) in [5.41, 5.74) is 0.0918. The van der Waals surface area contributed by atoms with E-state index in [0.29, 0.717) is 11.4 Å². The highest BCUT2D eigenvalue weighted by atomic mass is 19.4. The van der Waals surface area contributed by atoms with Crippen molar-refractivity contribution in [2.75, 3.05) is 35.8 Å². The minimum Gasteiger partial charge on any atom is -0.375 e. The zero-order valence-electron chi connectivity index (χ0n) is 16.5. The van der Waals surface area contributed by atoms with Crippen molar-refractivity contribution in [3.05, 3.63) is 54.1 Å². The quantitative estimate of drug-likeness (QED) is 0.729. The largest absolute Gasteiger partial charge is 0.416 e. The van der Waals surface area contributed by atoms with Crippen LogP contribution in [0.5, 0.6) is 0 Å². The predicted octanol–water partition coefficient (Wildman–Crippen LogP) is 3.28. The number of ether oxygens (including phenoxy) is 1. The van der Waals surface area contributed by atoms with E-state index in [2.05, 4.69) is 10.6 Å². The summed E-state index contributed by atoms with van der Waals surface area (Å²) in [5.74, 6) is -1.96. The van der Waals surface area contributed by atoms with Gasteiger partial charge in [0, 0.05) is 37.1 Å². The van der Waals surface area contributed by atoms with Crippen LogP contribution in [0, 0.1) is 5.92 Å². The molecule has 1 aliphatic rings. The van der Waals surface area contributed by atoms with Crippen molar-refractivity contribution >= 4 is 34.8 Å². The van der Waals surface area contributed by atoms with E-state index in [4.69, 9.17) is 4.74 Å². The van der Waals surface area contributed by atoms with Crippen molar-refractivity contribution in [1.29, 1.82) is 0 Å². The fraction of sp³-hybridized carbons (Fsp3) is 0.286. The van der Waals surface area contributed by atoms with E-state index in [0.717, 1.165) is 12.1 Å². The van der Waals surface area contributed by atoms with Crippen LogP contribution in [-0.4, -0.2) is 38.0 Å². The molecule has 0 aromatic heterocycles. The van der Waals surface area contributed by atoms with Crippen LogP contribution in [0.1, 0.15) is 12.0 Å². The van der Waals surface area contributed by atoms with E-state index in [9.17, 15) is 27.6 Å². The van der Waals surface area contributed by atoms with Gasteiger partial charge in [-0.1, -0.05) is 12.1 Å². The summed E-state index contributed by atoms with van der Waals surface area (Å²) in [4.78, 5) is 37.8. The van der Waals surface area contributed by atoms with Crippen LogP contribution < -0.4 is 15.5 Å². The molecule has 31 heavy (non-hydrogen) atoms. The van der Waals surface area contributed by atoms with Gasteiger partial charge in [0.15, 0.2) is 0 Å². The van der Waals surface area contributed by atoms with Crippen molar-refractivity contribution < 1.29 is 32.3 Å². The number of methoxy groups -OCH3 is 1. The summed E-state index contributed by atoms with van der Waals surface area (Å²) in [6.07, 6.45) is -4.65. The molecule has 2 aromatic carbocycles. The fourth-order valence-electron chi connectivity index (χ4n) is 3.23. The molecule has 0 saturated carbocycles. The Morgan fingerprint density at radius 3 is 2.45 bits per heavy atom. The SMILES string of the molecule is COCC(=O)Nc1cccc(NC(=O)C2CC(=O)N(c3cccc(C(F)(F)F)c3)C2)c1. The van der Waals surface area contributed by atoms with Gasteiger partial charge in [-0.05, 0) is 36.4 Å². The molecular weight excluding hydrogens is 415 g/mol. The molecule has 7 nitrogen and oxygen atoms in total. The van der Waals surface area contributed by atoms with Crippen molar-refractivity contribution in [1.82, 2.24) is 0 Å². The molecule has 2 aromatic rings. The number of hydrogen-bond acceptors (Lipinski definition) is 4. The number of anilines is 3. The van der Waals surface area contributed by atoms with Crippen molar-refractivity contribution in [3.8, 4) is 0 Å². The Hall–Kier alpha value is -3.40. The Kier molecular flexibility index (Phi) is 6.59. The zero-order valence-corrected chi connectivity index (χ0v) is 16.5. The normalized spacial score (nSPS) is 16.3. The van der Waals surface area contributed by atoms with Gasteiger partial charge in [0.1, 0.15) is 6.61 Å². The summed E-state index contributed by atoms with van der Waals surface area (Å²) in [7, 11) is 1.39. The average molecular weight is 435 g/mol. The molecular formula is C21H20F3N3O4. The molecule has 0 radical (unpaired) electrons. The van der Waals surface area contributed by atoms with E-state index >= 15 is 0 Å². The second-order valence-corrected chi connectivity index (χ2v) is 7.00. The molecule has 2 N–H and O–H groups in total. The molecule has 3 rings (SSSR count). The van der Waals surface area contributed by atoms with Crippen molar-refractivity contribution in [2.24, 2.45) is 5.92 Å². The second-order valence-electron chi connectivity index (χ2n) is 7.00. The molecule has 1 atom stereocenters. The molecule has 0 aliphatic carbocycles. The lowest BCUT2D eigenvalue weighted by molar-refractivity contribution is -0.137. The molecule has 3 amide bonds. The monoisotopic (exact) mass is 435 g/mol. The van der Waals surface area contributed by atoms with E-state index in [1.807, 2.05) is 0 Å². The number of halogens is 3. The van der Waals surface area contributed by atoms with E-state index in [-0.39, 0.29) is 31.2 Å². The highest BCUT2D eigenvalue weighted by molar-refractivity contribution is 6.03. The maximum absolute atomic E-state index is 13.0. The van der Waals surface area contributed by atoms with Gasteiger partial charge in [0.25, 0.3) is 0 Å². The molecule has 1 aliphatic heterocycles. The van der Waals surface area contributed by atoms with Crippen LogP contribution in [0.4, 0.5) is 30.2 Å². The zero-order chi connectivity index (χ0) is 22.6. The number of hydrogen-bond donors (Lipinski definition) is 2. The van der Waals surface area contributed by atoms with Crippen LogP contribution in [0.2, 0.25) is 0 Å². The first-order valence-corrected chi connectivity index (χ1v) is 9.34. The highest BCUT2D eigenvalue weighted by Crippen LogP contribution is 2.33. The number of alkyl halides is 3. The van der Waals surface area contributed by atoms with Gasteiger partial charge in [-0.2, -0.15) is 13.2 Å². The maximum Gasteiger partial charge on any atom is 0.416 e. The molecule has 1 unspecified atom stereocenters. The molecule has 1 saturated heterocycles. The molecule has 164 valence electrons. The Bertz CT molecular complexity index is 994. The van der Waals surface area contributed by atoms with Crippen LogP contribution >= 0.6 is 0 Å². The smallest absolute Gasteiger partial charge is 0.375 e. The third-order valence-corrected chi connectivity index (χ3v) is 4.67. The van der Waals surface area contributed by atoms with E-state index in [1.54, 1.807) is 24.3 Å². The lowest BCUT2D eigenvalue weighted by atomic mass is 10.1. The lowest BCUT2D eigenvalue weighted by Gasteiger charge is -2.18. The van der Waals surface area contributed by atoms with Gasteiger partial charge >= 0.3 is 6.18 Å². The van der Waals surface area contributed by atoms with Gasteiger partial charge in [0.2, 0.25) is 17.7 Å². The minimum atomic E-state index is -4.53. The molecule has 0 spiro atoms. The topological polar surface area (TPSA) is 87.7 Å². The summed E-state index contributed by atoms with van der Waals surface area (Å²) in [6.45, 7) is -0.150. The molecule has 10 heteroatoms. The van der Waals surface area contributed by atoms with E-state index in [1.165, 1.54) is 24.1 Å². The second kappa shape index (κ2) is 9.17. The summed E-state index contributed by atoms with van der Waals surface area (Å²) < 4.78 is 43.6. The minimum absolute atomic E-state index is 0.0315. The van der Waals surface area contributed by atoms with Crippen LogP contribution in [0.3, 0.4) is 0 Å². The van der Waals surface area contributed by atoms with Crippen molar-refractivity contribution in [3.63, 3.8) is 0 Å². The number of carbonyl (C=O) groups is 3. The number of benzene rings is 2. The Morgan fingerprint density at radius 2 is 1.77 bits per heavy atom. The number of amides is 3. The molecule has 1 fully saturated rings. The van der Waals surface area contributed by atoms with Gasteiger partial charge in [-0.25, -0.2) is 0 Å². The Labute approximate surface area is 176 Å². The van der Waals surface area contributed by atoms with E-state index < -0.39 is 29.5 Å². The first-order chi connectivity index (χ1) is 14.7. The third kappa shape index (κ3) is 5.60. The summed E-state index contributed by atoms with van der Waals surface area (Å²) in [6, 6.07) is 10.9. The van der Waals surface area contributed by atoms with Crippen LogP contribution in [-0.2, 0) is 25.3 Å². The Morgan fingerprint density at radius 1 is 1.10 bits per heavy atom. The first kappa shape index (κ1) is 22.3. The van der Waals surface area contributed by atoms with Crippen LogP contribution in [0.25, 0.3) is 0 Å². The van der Waals surface area contributed by atoms with Gasteiger partial charge in [-0.15, -0.1) is 0 Å². The van der Waals surface area contributed by atoms with Gasteiger partial charge in [-0.3, -0.25) is 14.4 Å². The summed E-state index contributed by atoms with van der Waals surface area (Å²) >= 11 is 0. The maximum atomic E-state index is 13.0. The first-order valence-electron chi connectivity index (χ1n) is 9.34. The lowest BCUT2D eigenvalue weighted by Crippen LogP contribution is -2.28. The Balaban J connectivity index is 1.67. The third-order valence-electron chi connectivity index (χ3n) is 4.67.